The monoisotopic (exact) mass is 413 g/mol. The summed E-state index contributed by atoms with van der Waals surface area (Å²) in [6.45, 7) is 0.585. The van der Waals surface area contributed by atoms with Gasteiger partial charge in [-0.15, -0.1) is 0 Å². The summed E-state index contributed by atoms with van der Waals surface area (Å²) >= 11 is 0. The summed E-state index contributed by atoms with van der Waals surface area (Å²) < 4.78 is 22.3. The number of aliphatic imine (C=N–C) groups is 1. The molecule has 0 saturated carbocycles. The first-order valence-corrected chi connectivity index (χ1v) is 9.96. The molecule has 0 aromatic heterocycles. The molecule has 1 fully saturated rings. The molecule has 1 saturated heterocycles. The molecule has 0 aliphatic carbocycles. The largest absolute Gasteiger partial charge is 0.497 e. The second-order valence-corrected chi connectivity index (χ2v) is 6.96. The Labute approximate surface area is 176 Å². The van der Waals surface area contributed by atoms with Gasteiger partial charge in [-0.25, -0.2) is 4.79 Å². The number of aliphatic hydroxyl groups excluding tert-OH is 1. The molecule has 1 aliphatic heterocycles. The summed E-state index contributed by atoms with van der Waals surface area (Å²) in [6, 6.07) is 16.9. The standard InChI is InChI=1S/C23H27NO6/c1-27-20-11-9-18(10-12-20)22-28-16-19(21(30-22)8-5-13-25)14-24-23(26)29-15-17-6-3-2-4-7-17/h2-4,6-7,9-12,14,19,21-22,25H,5,8,13,15-16H2,1H3/t19?,21-,22?/m0/s1. The maximum atomic E-state index is 12.0. The molecule has 2 aromatic rings. The first-order chi connectivity index (χ1) is 14.7. The summed E-state index contributed by atoms with van der Waals surface area (Å²) in [5, 5.41) is 9.21. The third-order valence-electron chi connectivity index (χ3n) is 4.83. The van der Waals surface area contributed by atoms with E-state index in [1.165, 1.54) is 6.21 Å². The maximum absolute atomic E-state index is 12.0. The number of methoxy groups -OCH3 is 1. The highest BCUT2D eigenvalue weighted by Gasteiger charge is 2.31. The summed E-state index contributed by atoms with van der Waals surface area (Å²) in [5.41, 5.74) is 1.77. The Balaban J connectivity index is 1.57. The highest BCUT2D eigenvalue weighted by Crippen LogP contribution is 2.31. The van der Waals surface area contributed by atoms with Crippen molar-refractivity contribution in [3.05, 3.63) is 65.7 Å². The van der Waals surface area contributed by atoms with Crippen LogP contribution in [-0.2, 0) is 20.8 Å². The van der Waals surface area contributed by atoms with E-state index < -0.39 is 12.4 Å². The Morgan fingerprint density at radius 2 is 1.97 bits per heavy atom. The summed E-state index contributed by atoms with van der Waals surface area (Å²) in [6.07, 6.45) is 1.33. The van der Waals surface area contributed by atoms with Crippen LogP contribution in [0.25, 0.3) is 0 Å². The number of aliphatic hydroxyl groups is 1. The fraction of sp³-hybridized carbons (Fsp3) is 0.391. The second kappa shape index (κ2) is 11.4. The first kappa shape index (κ1) is 22.0. The van der Waals surface area contributed by atoms with Crippen LogP contribution in [-0.4, -0.2) is 43.8 Å². The molecular weight excluding hydrogens is 386 g/mol. The van der Waals surface area contributed by atoms with Crippen LogP contribution in [0.3, 0.4) is 0 Å². The van der Waals surface area contributed by atoms with Crippen LogP contribution in [0.15, 0.2) is 59.6 Å². The zero-order valence-electron chi connectivity index (χ0n) is 17.0. The fourth-order valence-electron chi connectivity index (χ4n) is 3.17. The van der Waals surface area contributed by atoms with Gasteiger partial charge in [0.2, 0.25) is 0 Å². The van der Waals surface area contributed by atoms with Gasteiger partial charge in [-0.05, 0) is 30.5 Å². The average Bonchev–Trinajstić information content (AvgIpc) is 2.81. The Morgan fingerprint density at radius 3 is 2.67 bits per heavy atom. The predicted octanol–water partition coefficient (Wildman–Crippen LogP) is 3.91. The number of carbonyl (C=O) groups is 1. The number of nitrogens with zero attached hydrogens (tertiary/aromatic N) is 1. The van der Waals surface area contributed by atoms with Gasteiger partial charge >= 0.3 is 6.09 Å². The van der Waals surface area contributed by atoms with Crippen LogP contribution in [0.2, 0.25) is 0 Å². The first-order valence-electron chi connectivity index (χ1n) is 9.96. The van der Waals surface area contributed by atoms with Gasteiger partial charge in [-0.3, -0.25) is 0 Å². The van der Waals surface area contributed by atoms with Crippen LogP contribution < -0.4 is 4.74 Å². The van der Waals surface area contributed by atoms with E-state index in [1.54, 1.807) is 7.11 Å². The van der Waals surface area contributed by atoms with E-state index in [-0.39, 0.29) is 25.2 Å². The molecule has 2 aromatic carbocycles. The van der Waals surface area contributed by atoms with Gasteiger partial charge < -0.3 is 24.1 Å². The number of hydrogen-bond acceptors (Lipinski definition) is 6. The Bertz CT molecular complexity index is 808. The highest BCUT2D eigenvalue weighted by molar-refractivity contribution is 5.80. The fourth-order valence-corrected chi connectivity index (χ4v) is 3.17. The Hall–Kier alpha value is -2.74. The van der Waals surface area contributed by atoms with Crippen molar-refractivity contribution < 1.29 is 28.8 Å². The van der Waals surface area contributed by atoms with Gasteiger partial charge in [-0.1, -0.05) is 42.5 Å². The number of amides is 1. The normalized spacial score (nSPS) is 21.5. The van der Waals surface area contributed by atoms with E-state index in [2.05, 4.69) is 4.99 Å². The van der Waals surface area contributed by atoms with E-state index in [9.17, 15) is 9.90 Å². The third-order valence-corrected chi connectivity index (χ3v) is 4.83. The highest BCUT2D eigenvalue weighted by atomic mass is 16.7. The van der Waals surface area contributed by atoms with Gasteiger partial charge in [0.25, 0.3) is 0 Å². The molecule has 160 valence electrons. The zero-order chi connectivity index (χ0) is 21.2. The molecule has 1 aliphatic rings. The van der Waals surface area contributed by atoms with Crippen molar-refractivity contribution in [3.8, 4) is 5.75 Å². The smallest absolute Gasteiger partial charge is 0.433 e. The Morgan fingerprint density at radius 1 is 1.20 bits per heavy atom. The molecule has 7 heteroatoms. The molecule has 0 spiro atoms. The van der Waals surface area contributed by atoms with Crippen LogP contribution in [0, 0.1) is 5.92 Å². The Kier molecular flexibility index (Phi) is 8.38. The van der Waals surface area contributed by atoms with Crippen molar-refractivity contribution in [3.63, 3.8) is 0 Å². The molecule has 1 heterocycles. The summed E-state index contributed by atoms with van der Waals surface area (Å²) in [4.78, 5) is 15.9. The minimum absolute atomic E-state index is 0.0664. The lowest BCUT2D eigenvalue weighted by Crippen LogP contribution is -2.37. The summed E-state index contributed by atoms with van der Waals surface area (Å²) in [5.74, 6) is 0.542. The van der Waals surface area contributed by atoms with Crippen LogP contribution >= 0.6 is 0 Å². The number of hydrogen-bond donors (Lipinski definition) is 1. The van der Waals surface area contributed by atoms with E-state index in [0.29, 0.717) is 19.4 Å². The molecular formula is C23H27NO6. The average molecular weight is 413 g/mol. The minimum atomic E-state index is -0.656. The molecule has 1 amide bonds. The third kappa shape index (κ3) is 6.38. The number of rotatable bonds is 8. The van der Waals surface area contributed by atoms with Crippen LogP contribution in [0.1, 0.15) is 30.3 Å². The molecule has 3 atom stereocenters. The molecule has 2 unspecified atom stereocenters. The van der Waals surface area contributed by atoms with Crippen LogP contribution in [0.4, 0.5) is 4.79 Å². The predicted molar refractivity (Wildman–Crippen MR) is 111 cm³/mol. The number of carbonyl (C=O) groups excluding carboxylic acids is 1. The van der Waals surface area contributed by atoms with Gasteiger partial charge in [-0.2, -0.15) is 4.99 Å². The van der Waals surface area contributed by atoms with Crippen molar-refractivity contribution in [2.45, 2.75) is 31.8 Å². The lowest BCUT2D eigenvalue weighted by Gasteiger charge is -2.35. The van der Waals surface area contributed by atoms with Gasteiger partial charge in [0, 0.05) is 24.3 Å². The van der Waals surface area contributed by atoms with E-state index in [4.69, 9.17) is 18.9 Å². The maximum Gasteiger partial charge on any atom is 0.433 e. The minimum Gasteiger partial charge on any atom is -0.497 e. The number of ether oxygens (including phenoxy) is 4. The topological polar surface area (TPSA) is 86.6 Å². The van der Waals surface area contributed by atoms with E-state index in [1.807, 2.05) is 54.6 Å². The lowest BCUT2D eigenvalue weighted by atomic mass is 9.98. The van der Waals surface area contributed by atoms with Crippen molar-refractivity contribution in [1.82, 2.24) is 0 Å². The van der Waals surface area contributed by atoms with Crippen molar-refractivity contribution in [2.24, 2.45) is 10.9 Å². The van der Waals surface area contributed by atoms with Crippen molar-refractivity contribution in [2.75, 3.05) is 20.3 Å². The lowest BCUT2D eigenvalue weighted by molar-refractivity contribution is -0.231. The van der Waals surface area contributed by atoms with E-state index in [0.717, 1.165) is 16.9 Å². The zero-order valence-corrected chi connectivity index (χ0v) is 17.0. The SMILES string of the molecule is COc1ccc(C2OCC(C=NC(=O)OCc3ccccc3)[C@H](CCCO)O2)cc1. The second-order valence-electron chi connectivity index (χ2n) is 6.96. The van der Waals surface area contributed by atoms with Crippen molar-refractivity contribution in [1.29, 1.82) is 0 Å². The molecule has 0 bridgehead atoms. The summed E-state index contributed by atoms with van der Waals surface area (Å²) in [7, 11) is 1.61. The number of benzene rings is 2. The molecule has 3 rings (SSSR count). The van der Waals surface area contributed by atoms with E-state index >= 15 is 0 Å². The van der Waals surface area contributed by atoms with Crippen LogP contribution in [0.5, 0.6) is 5.75 Å². The molecule has 30 heavy (non-hydrogen) atoms. The van der Waals surface area contributed by atoms with Gasteiger partial charge in [0.05, 0.1) is 19.8 Å². The van der Waals surface area contributed by atoms with Gasteiger partial charge in [0.1, 0.15) is 12.4 Å². The molecule has 0 radical (unpaired) electrons. The van der Waals surface area contributed by atoms with Gasteiger partial charge in [0.15, 0.2) is 6.29 Å². The quantitative estimate of drug-likeness (QED) is 0.661. The molecule has 1 N–H and O–H groups in total. The molecule has 7 nitrogen and oxygen atoms in total. The van der Waals surface area contributed by atoms with Crippen molar-refractivity contribution >= 4 is 12.3 Å².